The highest BCUT2D eigenvalue weighted by molar-refractivity contribution is 5.48. The summed E-state index contributed by atoms with van der Waals surface area (Å²) < 4.78 is 40.7. The van der Waals surface area contributed by atoms with Gasteiger partial charge in [0.25, 0.3) is 5.88 Å². The average molecular weight is 280 g/mol. The van der Waals surface area contributed by atoms with E-state index in [1.165, 1.54) is 14.0 Å². The second kappa shape index (κ2) is 5.67. The largest absolute Gasteiger partial charge is 0.472 e. The van der Waals surface area contributed by atoms with E-state index >= 15 is 0 Å². The lowest BCUT2D eigenvalue weighted by Crippen LogP contribution is -2.15. The van der Waals surface area contributed by atoms with Gasteiger partial charge in [-0.15, -0.1) is 0 Å². The van der Waals surface area contributed by atoms with Crippen LogP contribution >= 0.6 is 0 Å². The molecule has 0 atom stereocenters. The quantitative estimate of drug-likeness (QED) is 0.656. The molecule has 0 aliphatic rings. The zero-order valence-corrected chi connectivity index (χ0v) is 10.1. The van der Waals surface area contributed by atoms with Crippen LogP contribution in [0.3, 0.4) is 0 Å². The molecule has 1 aromatic rings. The molecule has 0 radical (unpaired) electrons. The van der Waals surface area contributed by atoms with Crippen LogP contribution in [-0.4, -0.2) is 34.7 Å². The zero-order valence-electron chi connectivity index (χ0n) is 10.1. The highest BCUT2D eigenvalue weighted by atomic mass is 19.4. The molecule has 1 aromatic heterocycles. The Bertz CT molecular complexity index is 479. The number of alkyl halides is 3. The Labute approximate surface area is 106 Å². The van der Waals surface area contributed by atoms with Gasteiger partial charge in [0.15, 0.2) is 0 Å². The van der Waals surface area contributed by atoms with Gasteiger partial charge >= 0.3 is 11.9 Å². The fourth-order valence-electron chi connectivity index (χ4n) is 1.23. The second-order valence-corrected chi connectivity index (χ2v) is 3.51. The number of nitrogens with zero attached hydrogens (tertiary/aromatic N) is 3. The van der Waals surface area contributed by atoms with Crippen molar-refractivity contribution < 1.29 is 22.8 Å². The summed E-state index contributed by atoms with van der Waals surface area (Å²) in [4.78, 5) is 17.4. The van der Waals surface area contributed by atoms with Crippen molar-refractivity contribution in [2.45, 2.75) is 19.5 Å². The first kappa shape index (κ1) is 14.9. The minimum Gasteiger partial charge on any atom is -0.472 e. The summed E-state index contributed by atoms with van der Waals surface area (Å²) in [7, 11) is 1.47. The number of ether oxygens (including phenoxy) is 1. The molecule has 0 amide bonds. The molecule has 0 saturated carbocycles. The number of aromatic nitrogens is 2. The second-order valence-electron chi connectivity index (χ2n) is 3.51. The molecule has 0 saturated heterocycles. The van der Waals surface area contributed by atoms with E-state index in [1.54, 1.807) is 0 Å². The molecule has 0 aliphatic carbocycles. The van der Waals surface area contributed by atoms with Gasteiger partial charge in [-0.05, 0) is 6.92 Å². The third kappa shape index (κ3) is 4.23. The van der Waals surface area contributed by atoms with Gasteiger partial charge in [0.1, 0.15) is 5.69 Å². The predicted molar refractivity (Wildman–Crippen MR) is 59.1 cm³/mol. The molecule has 10 heteroatoms. The van der Waals surface area contributed by atoms with Crippen LogP contribution in [0, 0.1) is 17.0 Å². The molecule has 0 aliphatic heterocycles. The van der Waals surface area contributed by atoms with E-state index in [4.69, 9.17) is 4.74 Å². The summed E-state index contributed by atoms with van der Waals surface area (Å²) >= 11 is 0. The predicted octanol–water partition coefficient (Wildman–Crippen LogP) is 2.07. The molecule has 19 heavy (non-hydrogen) atoms. The number of nitrogens with one attached hydrogen (secondary N) is 1. The van der Waals surface area contributed by atoms with Crippen molar-refractivity contribution in [3.8, 4) is 5.88 Å². The average Bonchev–Trinajstić information content (AvgIpc) is 2.25. The molecule has 0 bridgehead atoms. The molecule has 1 N–H and O–H groups in total. The van der Waals surface area contributed by atoms with E-state index in [0.29, 0.717) is 0 Å². The van der Waals surface area contributed by atoms with Gasteiger partial charge in [-0.1, -0.05) is 0 Å². The SMILES string of the molecule is CNc1nc(C)c([N+](=O)[O-])c(OCCC(F)(F)F)n1. The first-order chi connectivity index (χ1) is 8.74. The summed E-state index contributed by atoms with van der Waals surface area (Å²) in [6.45, 7) is 0.598. The molecule has 0 unspecified atom stereocenters. The number of rotatable bonds is 5. The molecular weight excluding hydrogens is 269 g/mol. The van der Waals surface area contributed by atoms with Crippen LogP contribution in [-0.2, 0) is 0 Å². The Morgan fingerprint density at radius 1 is 1.42 bits per heavy atom. The fourth-order valence-corrected chi connectivity index (χ4v) is 1.23. The number of anilines is 1. The van der Waals surface area contributed by atoms with Gasteiger partial charge in [0.05, 0.1) is 18.0 Å². The standard InChI is InChI=1S/C9H11F3N4O3/c1-5-6(16(17)18)7(15-8(13-2)14-5)19-4-3-9(10,11)12/h3-4H2,1-2H3,(H,13,14,15). The summed E-state index contributed by atoms with van der Waals surface area (Å²) in [5, 5.41) is 13.3. The maximum Gasteiger partial charge on any atom is 0.392 e. The van der Waals surface area contributed by atoms with Crippen LogP contribution in [0.25, 0.3) is 0 Å². The van der Waals surface area contributed by atoms with E-state index in [0.717, 1.165) is 0 Å². The van der Waals surface area contributed by atoms with Crippen molar-refractivity contribution in [2.75, 3.05) is 19.0 Å². The van der Waals surface area contributed by atoms with Crippen molar-refractivity contribution in [1.82, 2.24) is 9.97 Å². The van der Waals surface area contributed by atoms with Crippen molar-refractivity contribution >= 4 is 11.6 Å². The normalized spacial score (nSPS) is 11.2. The Morgan fingerprint density at radius 2 is 2.05 bits per heavy atom. The topological polar surface area (TPSA) is 90.2 Å². The fraction of sp³-hybridized carbons (Fsp3) is 0.556. The molecule has 1 rings (SSSR count). The minimum absolute atomic E-state index is 0.00589. The molecule has 0 spiro atoms. The first-order valence-corrected chi connectivity index (χ1v) is 5.15. The van der Waals surface area contributed by atoms with Crippen LogP contribution in [0.1, 0.15) is 12.1 Å². The van der Waals surface area contributed by atoms with Crippen LogP contribution in [0.5, 0.6) is 5.88 Å². The summed E-state index contributed by atoms with van der Waals surface area (Å²) in [5.74, 6) is -0.448. The van der Waals surface area contributed by atoms with Gasteiger partial charge in [0, 0.05) is 7.05 Å². The smallest absolute Gasteiger partial charge is 0.392 e. The zero-order chi connectivity index (χ0) is 14.6. The molecule has 0 fully saturated rings. The van der Waals surface area contributed by atoms with Crippen molar-refractivity contribution in [3.05, 3.63) is 15.8 Å². The van der Waals surface area contributed by atoms with Crippen LogP contribution < -0.4 is 10.1 Å². The van der Waals surface area contributed by atoms with Gasteiger partial charge in [-0.2, -0.15) is 18.2 Å². The van der Waals surface area contributed by atoms with E-state index in [-0.39, 0.29) is 11.6 Å². The summed E-state index contributed by atoms with van der Waals surface area (Å²) in [6, 6.07) is 0. The van der Waals surface area contributed by atoms with E-state index in [9.17, 15) is 23.3 Å². The molecule has 1 heterocycles. The Hall–Kier alpha value is -2.13. The highest BCUT2D eigenvalue weighted by Gasteiger charge is 2.29. The lowest BCUT2D eigenvalue weighted by atomic mass is 10.3. The van der Waals surface area contributed by atoms with Crippen molar-refractivity contribution in [3.63, 3.8) is 0 Å². The first-order valence-electron chi connectivity index (χ1n) is 5.15. The minimum atomic E-state index is -4.40. The van der Waals surface area contributed by atoms with Gasteiger partial charge < -0.3 is 10.1 Å². The lowest BCUT2D eigenvalue weighted by molar-refractivity contribution is -0.387. The number of hydrogen-bond acceptors (Lipinski definition) is 6. The van der Waals surface area contributed by atoms with Crippen LogP contribution in [0.4, 0.5) is 24.8 Å². The van der Waals surface area contributed by atoms with Gasteiger partial charge in [0.2, 0.25) is 5.95 Å². The summed E-state index contributed by atoms with van der Waals surface area (Å²) in [5.41, 5.74) is -0.535. The lowest BCUT2D eigenvalue weighted by Gasteiger charge is -2.10. The van der Waals surface area contributed by atoms with E-state index in [2.05, 4.69) is 15.3 Å². The third-order valence-corrected chi connectivity index (χ3v) is 2.06. The van der Waals surface area contributed by atoms with Crippen LogP contribution in [0.2, 0.25) is 0 Å². The van der Waals surface area contributed by atoms with Gasteiger partial charge in [-0.25, -0.2) is 4.98 Å². The third-order valence-electron chi connectivity index (χ3n) is 2.06. The van der Waals surface area contributed by atoms with Gasteiger partial charge in [-0.3, -0.25) is 10.1 Å². The number of aryl methyl sites for hydroxylation is 1. The molecular formula is C9H11F3N4O3. The van der Waals surface area contributed by atoms with Crippen molar-refractivity contribution in [2.24, 2.45) is 0 Å². The molecule has 7 nitrogen and oxygen atoms in total. The molecule has 106 valence electrons. The Balaban J connectivity index is 2.96. The number of hydrogen-bond donors (Lipinski definition) is 1. The highest BCUT2D eigenvalue weighted by Crippen LogP contribution is 2.29. The van der Waals surface area contributed by atoms with E-state index in [1.807, 2.05) is 0 Å². The maximum atomic E-state index is 12.0. The Morgan fingerprint density at radius 3 is 2.53 bits per heavy atom. The number of nitro groups is 1. The van der Waals surface area contributed by atoms with Crippen LogP contribution in [0.15, 0.2) is 0 Å². The number of halogens is 3. The maximum absolute atomic E-state index is 12.0. The summed E-state index contributed by atoms with van der Waals surface area (Å²) in [6.07, 6.45) is -5.62. The molecule has 0 aromatic carbocycles. The van der Waals surface area contributed by atoms with E-state index < -0.39 is 35.7 Å². The van der Waals surface area contributed by atoms with Crippen molar-refractivity contribution in [1.29, 1.82) is 0 Å². The Kier molecular flexibility index (Phi) is 4.46. The monoisotopic (exact) mass is 280 g/mol.